The first kappa shape index (κ1) is 11.4. The summed E-state index contributed by atoms with van der Waals surface area (Å²) in [5.41, 5.74) is 0. The highest BCUT2D eigenvalue weighted by Crippen LogP contribution is 2.32. The van der Waals surface area contributed by atoms with E-state index in [0.29, 0.717) is 17.9 Å². The van der Waals surface area contributed by atoms with Crippen LogP contribution in [0.4, 0.5) is 0 Å². The largest absolute Gasteiger partial charge is 0.339 e. The number of amides is 1. The summed E-state index contributed by atoms with van der Waals surface area (Å²) in [6, 6.07) is 0.565. The molecule has 0 saturated heterocycles. The molecule has 0 spiro atoms. The highest BCUT2D eigenvalue weighted by atomic mass is 79.9. The van der Waals surface area contributed by atoms with Crippen LogP contribution in [-0.4, -0.2) is 28.7 Å². The Balaban J connectivity index is 1.81. The van der Waals surface area contributed by atoms with Gasteiger partial charge in [0, 0.05) is 24.3 Å². The van der Waals surface area contributed by atoms with Gasteiger partial charge in [0.1, 0.15) is 0 Å². The Kier molecular flexibility index (Phi) is 4.06. The molecule has 2 aliphatic rings. The molecule has 0 heterocycles. The van der Waals surface area contributed by atoms with E-state index >= 15 is 0 Å². The summed E-state index contributed by atoms with van der Waals surface area (Å²) >= 11 is 3.44. The molecular weight excluding hydrogens is 254 g/mol. The molecule has 0 atom stereocenters. The molecule has 0 aromatic rings. The van der Waals surface area contributed by atoms with Crippen molar-refractivity contribution in [3.05, 3.63) is 0 Å². The molecule has 3 heteroatoms. The van der Waals surface area contributed by atoms with Crippen LogP contribution in [-0.2, 0) is 4.79 Å². The first-order chi connectivity index (χ1) is 7.31. The molecule has 0 aromatic carbocycles. The lowest BCUT2D eigenvalue weighted by Gasteiger charge is -2.38. The molecular formula is C12H20BrNO. The Bertz CT molecular complexity index is 224. The third kappa shape index (κ3) is 2.74. The molecule has 0 aliphatic heterocycles. The summed E-state index contributed by atoms with van der Waals surface area (Å²) < 4.78 is 0. The minimum Gasteiger partial charge on any atom is -0.339 e. The van der Waals surface area contributed by atoms with Gasteiger partial charge in [-0.25, -0.2) is 0 Å². The zero-order chi connectivity index (χ0) is 10.7. The Morgan fingerprint density at radius 3 is 2.27 bits per heavy atom. The van der Waals surface area contributed by atoms with Gasteiger partial charge in [-0.1, -0.05) is 22.4 Å². The Hall–Kier alpha value is -0.0500. The molecule has 2 nitrogen and oxygen atoms in total. The smallest absolute Gasteiger partial charge is 0.223 e. The number of carbonyl (C=O) groups excluding carboxylic acids is 1. The first-order valence-corrected chi connectivity index (χ1v) is 7.29. The van der Waals surface area contributed by atoms with Crippen molar-refractivity contribution >= 4 is 21.8 Å². The monoisotopic (exact) mass is 273 g/mol. The van der Waals surface area contributed by atoms with Gasteiger partial charge in [-0.05, 0) is 38.0 Å². The van der Waals surface area contributed by atoms with E-state index < -0.39 is 0 Å². The lowest BCUT2D eigenvalue weighted by molar-refractivity contribution is -0.136. The average Bonchev–Trinajstić information content (AvgIpc) is 2.07. The second-order valence-electron chi connectivity index (χ2n) is 4.86. The molecule has 0 bridgehead atoms. The summed E-state index contributed by atoms with van der Waals surface area (Å²) in [4.78, 5) is 14.2. The van der Waals surface area contributed by atoms with Crippen molar-refractivity contribution in [3.8, 4) is 0 Å². The summed E-state index contributed by atoms with van der Waals surface area (Å²) in [5.74, 6) is 1.11. The summed E-state index contributed by atoms with van der Waals surface area (Å²) in [6.07, 6.45) is 8.45. The van der Waals surface area contributed by atoms with Crippen molar-refractivity contribution in [2.75, 3.05) is 11.9 Å². The predicted octanol–water partition coefficient (Wildman–Crippen LogP) is 2.95. The summed E-state index contributed by atoms with van der Waals surface area (Å²) in [5, 5.41) is 0.917. The van der Waals surface area contributed by atoms with Crippen molar-refractivity contribution in [1.82, 2.24) is 4.90 Å². The van der Waals surface area contributed by atoms with Crippen LogP contribution in [0.2, 0.25) is 0 Å². The van der Waals surface area contributed by atoms with Gasteiger partial charge in [-0.15, -0.1) is 0 Å². The van der Waals surface area contributed by atoms with Gasteiger partial charge in [-0.2, -0.15) is 0 Å². The van der Waals surface area contributed by atoms with Gasteiger partial charge in [0.15, 0.2) is 0 Å². The predicted molar refractivity (Wildman–Crippen MR) is 65.1 cm³/mol. The fraction of sp³-hybridized carbons (Fsp3) is 0.917. The fourth-order valence-electron chi connectivity index (χ4n) is 2.36. The molecule has 1 amide bonds. The van der Waals surface area contributed by atoms with Crippen molar-refractivity contribution < 1.29 is 4.79 Å². The first-order valence-electron chi connectivity index (χ1n) is 6.16. The molecule has 2 fully saturated rings. The molecule has 0 aromatic heterocycles. The lowest BCUT2D eigenvalue weighted by Crippen LogP contribution is -2.46. The van der Waals surface area contributed by atoms with Gasteiger partial charge in [0.25, 0.3) is 0 Å². The van der Waals surface area contributed by atoms with Crippen LogP contribution >= 0.6 is 15.9 Å². The maximum atomic E-state index is 12.1. The number of rotatable bonds is 5. The molecule has 0 N–H and O–H groups in total. The average molecular weight is 274 g/mol. The number of hydrogen-bond donors (Lipinski definition) is 0. The van der Waals surface area contributed by atoms with E-state index in [1.54, 1.807) is 0 Å². The molecule has 2 rings (SSSR count). The third-order valence-corrected chi connectivity index (χ3v) is 4.20. The zero-order valence-corrected chi connectivity index (χ0v) is 10.8. The normalized spacial score (nSPS) is 21.9. The van der Waals surface area contributed by atoms with E-state index in [9.17, 15) is 4.79 Å². The number of nitrogens with zero attached hydrogens (tertiary/aromatic N) is 1. The Morgan fingerprint density at radius 1 is 1.20 bits per heavy atom. The minimum absolute atomic E-state index is 0.406. The lowest BCUT2D eigenvalue weighted by atomic mass is 9.82. The highest BCUT2D eigenvalue weighted by Gasteiger charge is 2.30. The van der Waals surface area contributed by atoms with Crippen LogP contribution in [0.3, 0.4) is 0 Å². The van der Waals surface area contributed by atoms with E-state index in [2.05, 4.69) is 20.8 Å². The molecule has 0 radical (unpaired) electrons. The quantitative estimate of drug-likeness (QED) is 0.706. The number of carbonyl (C=O) groups is 1. The molecule has 0 unspecified atom stereocenters. The Morgan fingerprint density at radius 2 is 1.87 bits per heavy atom. The van der Waals surface area contributed by atoms with Gasteiger partial charge in [0.2, 0.25) is 5.91 Å². The fourth-order valence-corrected chi connectivity index (χ4v) is 2.74. The van der Waals surface area contributed by atoms with Crippen LogP contribution < -0.4 is 0 Å². The van der Waals surface area contributed by atoms with Crippen molar-refractivity contribution in [1.29, 1.82) is 0 Å². The maximum absolute atomic E-state index is 12.1. The summed E-state index contributed by atoms with van der Waals surface area (Å²) in [7, 11) is 0. The highest BCUT2D eigenvalue weighted by molar-refractivity contribution is 9.09. The van der Waals surface area contributed by atoms with Crippen molar-refractivity contribution in [2.45, 2.75) is 51.0 Å². The van der Waals surface area contributed by atoms with Gasteiger partial charge in [0.05, 0.1) is 0 Å². The molecule has 86 valence electrons. The van der Waals surface area contributed by atoms with Crippen LogP contribution in [0.5, 0.6) is 0 Å². The number of hydrogen-bond acceptors (Lipinski definition) is 1. The van der Waals surface area contributed by atoms with E-state index in [1.807, 2.05) is 0 Å². The van der Waals surface area contributed by atoms with Crippen LogP contribution in [0.15, 0.2) is 0 Å². The Labute approximate surface area is 101 Å². The molecule has 15 heavy (non-hydrogen) atoms. The maximum Gasteiger partial charge on any atom is 0.223 e. The van der Waals surface area contributed by atoms with E-state index in [-0.39, 0.29) is 0 Å². The summed E-state index contributed by atoms with van der Waals surface area (Å²) in [6.45, 7) is 0.899. The van der Waals surface area contributed by atoms with Crippen molar-refractivity contribution in [2.24, 2.45) is 5.92 Å². The van der Waals surface area contributed by atoms with Crippen LogP contribution in [0, 0.1) is 5.92 Å². The van der Waals surface area contributed by atoms with E-state index in [1.165, 1.54) is 38.5 Å². The topological polar surface area (TPSA) is 20.3 Å². The third-order valence-electron chi connectivity index (χ3n) is 3.85. The molecule has 2 saturated carbocycles. The van der Waals surface area contributed by atoms with Gasteiger partial charge in [-0.3, -0.25) is 4.79 Å². The standard InChI is InChI=1S/C12H20BrNO/c13-7-8-14(11-5-2-6-11)12(15)9-10-3-1-4-10/h10-11H,1-9H2. The SMILES string of the molecule is O=C(CC1CCC1)N(CCBr)C1CCC1. The van der Waals surface area contributed by atoms with E-state index in [4.69, 9.17) is 0 Å². The minimum atomic E-state index is 0.406. The number of halogens is 1. The van der Waals surface area contributed by atoms with Crippen LogP contribution in [0.25, 0.3) is 0 Å². The van der Waals surface area contributed by atoms with Crippen molar-refractivity contribution in [3.63, 3.8) is 0 Å². The van der Waals surface area contributed by atoms with E-state index in [0.717, 1.165) is 18.3 Å². The second-order valence-corrected chi connectivity index (χ2v) is 5.65. The second kappa shape index (κ2) is 5.33. The number of alkyl halides is 1. The molecule has 2 aliphatic carbocycles. The zero-order valence-electron chi connectivity index (χ0n) is 9.25. The van der Waals surface area contributed by atoms with Gasteiger partial charge < -0.3 is 4.90 Å². The van der Waals surface area contributed by atoms with Gasteiger partial charge >= 0.3 is 0 Å². The van der Waals surface area contributed by atoms with Crippen LogP contribution in [0.1, 0.15) is 44.9 Å².